The van der Waals surface area contributed by atoms with Crippen molar-refractivity contribution in [1.29, 1.82) is 0 Å². The van der Waals surface area contributed by atoms with Crippen LogP contribution >= 0.6 is 0 Å². The van der Waals surface area contributed by atoms with E-state index in [1.165, 1.54) is 25.7 Å². The van der Waals surface area contributed by atoms with Gasteiger partial charge in [-0.2, -0.15) is 0 Å². The van der Waals surface area contributed by atoms with Gasteiger partial charge in [0.25, 0.3) is 0 Å². The fourth-order valence-corrected chi connectivity index (χ4v) is 2.67. The Morgan fingerprint density at radius 3 is 2.46 bits per heavy atom. The zero-order valence-corrected chi connectivity index (χ0v) is 8.01. The number of amides is 1. The Kier molecular flexibility index (Phi) is 2.28. The summed E-state index contributed by atoms with van der Waals surface area (Å²) in [6.07, 6.45) is 5.53. The van der Waals surface area contributed by atoms with Crippen LogP contribution in [0.25, 0.3) is 0 Å². The second-order valence-corrected chi connectivity index (χ2v) is 4.53. The van der Waals surface area contributed by atoms with Crippen molar-refractivity contribution < 1.29 is 4.79 Å². The summed E-state index contributed by atoms with van der Waals surface area (Å²) < 4.78 is 0. The summed E-state index contributed by atoms with van der Waals surface area (Å²) in [5, 5.41) is 3.35. The van der Waals surface area contributed by atoms with Crippen LogP contribution in [0.1, 0.15) is 32.1 Å². The van der Waals surface area contributed by atoms with Crippen molar-refractivity contribution in [3.63, 3.8) is 0 Å². The molecule has 0 spiro atoms. The highest BCUT2D eigenvalue weighted by Gasteiger charge is 2.49. The largest absolute Gasteiger partial charge is 0.370 e. The Morgan fingerprint density at radius 2 is 2.00 bits per heavy atom. The molecule has 3 nitrogen and oxygen atoms in total. The second kappa shape index (κ2) is 3.29. The van der Waals surface area contributed by atoms with E-state index in [0.717, 1.165) is 19.0 Å². The summed E-state index contributed by atoms with van der Waals surface area (Å²) in [4.78, 5) is 10.9. The number of piperidine rings is 1. The van der Waals surface area contributed by atoms with Crippen LogP contribution in [0.3, 0.4) is 0 Å². The normalized spacial score (nSPS) is 27.1. The number of hydrogen-bond acceptors (Lipinski definition) is 2. The van der Waals surface area contributed by atoms with Gasteiger partial charge in [0.1, 0.15) is 0 Å². The van der Waals surface area contributed by atoms with Crippen molar-refractivity contribution in [3.05, 3.63) is 0 Å². The number of carbonyl (C=O) groups excluding carboxylic acids is 1. The highest BCUT2D eigenvalue weighted by molar-refractivity contribution is 5.75. The Hall–Kier alpha value is -0.570. The maximum absolute atomic E-state index is 10.9. The first-order valence-electron chi connectivity index (χ1n) is 5.22. The van der Waals surface area contributed by atoms with Crippen LogP contribution in [-0.4, -0.2) is 19.0 Å². The average Bonchev–Trinajstić information content (AvgIpc) is 2.86. The fourth-order valence-electron chi connectivity index (χ4n) is 2.67. The van der Waals surface area contributed by atoms with Gasteiger partial charge in [-0.15, -0.1) is 0 Å². The average molecular weight is 182 g/mol. The zero-order valence-electron chi connectivity index (χ0n) is 8.01. The van der Waals surface area contributed by atoms with Crippen LogP contribution in [0, 0.1) is 11.3 Å². The zero-order chi connectivity index (χ0) is 9.31. The summed E-state index contributed by atoms with van der Waals surface area (Å²) in [5.74, 6) is 0.636. The Morgan fingerprint density at radius 1 is 1.38 bits per heavy atom. The molecule has 3 N–H and O–H groups in total. The van der Waals surface area contributed by atoms with Gasteiger partial charge in [0.15, 0.2) is 0 Å². The molecule has 0 atom stereocenters. The van der Waals surface area contributed by atoms with Crippen LogP contribution in [0.2, 0.25) is 0 Å². The summed E-state index contributed by atoms with van der Waals surface area (Å²) in [5.41, 5.74) is 5.60. The molecule has 2 fully saturated rings. The lowest BCUT2D eigenvalue weighted by Gasteiger charge is -2.30. The maximum atomic E-state index is 10.9. The predicted octanol–water partition coefficient (Wildman–Crippen LogP) is 0.642. The van der Waals surface area contributed by atoms with Crippen molar-refractivity contribution in [2.45, 2.75) is 32.1 Å². The van der Waals surface area contributed by atoms with Crippen molar-refractivity contribution in [2.75, 3.05) is 13.1 Å². The van der Waals surface area contributed by atoms with E-state index in [4.69, 9.17) is 5.73 Å². The lowest BCUT2D eigenvalue weighted by Crippen LogP contribution is -2.34. The molecule has 0 aromatic carbocycles. The number of nitrogens with two attached hydrogens (primary N) is 1. The molecule has 0 aromatic rings. The van der Waals surface area contributed by atoms with Crippen LogP contribution in [0.4, 0.5) is 0 Å². The van der Waals surface area contributed by atoms with E-state index in [0.29, 0.717) is 11.8 Å². The fraction of sp³-hybridized carbons (Fsp3) is 0.900. The molecule has 0 bridgehead atoms. The van der Waals surface area contributed by atoms with Crippen LogP contribution in [-0.2, 0) is 4.79 Å². The molecule has 0 radical (unpaired) electrons. The molecular formula is C10H18N2O. The summed E-state index contributed by atoms with van der Waals surface area (Å²) in [7, 11) is 0. The first-order chi connectivity index (χ1) is 6.23. The molecule has 1 amide bonds. The number of rotatable bonds is 3. The van der Waals surface area contributed by atoms with Gasteiger partial charge in [0.2, 0.25) is 5.91 Å². The second-order valence-electron chi connectivity index (χ2n) is 4.53. The third-order valence-corrected chi connectivity index (χ3v) is 3.62. The van der Waals surface area contributed by atoms with E-state index >= 15 is 0 Å². The molecule has 1 aliphatic carbocycles. The third kappa shape index (κ3) is 1.85. The molecule has 74 valence electrons. The van der Waals surface area contributed by atoms with Crippen molar-refractivity contribution >= 4 is 5.91 Å². The summed E-state index contributed by atoms with van der Waals surface area (Å²) in [6, 6.07) is 0. The van der Waals surface area contributed by atoms with Crippen LogP contribution < -0.4 is 11.1 Å². The summed E-state index contributed by atoms with van der Waals surface area (Å²) >= 11 is 0. The van der Waals surface area contributed by atoms with Gasteiger partial charge in [-0.1, -0.05) is 0 Å². The topological polar surface area (TPSA) is 55.1 Å². The number of hydrogen-bond donors (Lipinski definition) is 2. The maximum Gasteiger partial charge on any atom is 0.217 e. The predicted molar refractivity (Wildman–Crippen MR) is 51.1 cm³/mol. The number of carbonyl (C=O) groups is 1. The van der Waals surface area contributed by atoms with Crippen molar-refractivity contribution in [2.24, 2.45) is 17.1 Å². The molecule has 0 aromatic heterocycles. The minimum Gasteiger partial charge on any atom is -0.370 e. The lowest BCUT2D eigenvalue weighted by molar-refractivity contribution is -0.119. The van der Waals surface area contributed by atoms with E-state index in [1.54, 1.807) is 0 Å². The Balaban J connectivity index is 1.93. The number of primary amides is 1. The SMILES string of the molecule is NC(=O)CC1(C2CCNCC2)CC1. The highest BCUT2D eigenvalue weighted by Crippen LogP contribution is 2.57. The molecule has 1 saturated heterocycles. The molecule has 3 heteroatoms. The minimum atomic E-state index is -0.115. The smallest absolute Gasteiger partial charge is 0.217 e. The molecule has 0 unspecified atom stereocenters. The van der Waals surface area contributed by atoms with Gasteiger partial charge in [-0.05, 0) is 50.1 Å². The molecule has 13 heavy (non-hydrogen) atoms. The van der Waals surface area contributed by atoms with Gasteiger partial charge in [0, 0.05) is 6.42 Å². The van der Waals surface area contributed by atoms with Gasteiger partial charge in [0.05, 0.1) is 0 Å². The van der Waals surface area contributed by atoms with E-state index in [2.05, 4.69) is 5.32 Å². The minimum absolute atomic E-state index is 0.115. The molecule has 2 rings (SSSR count). The van der Waals surface area contributed by atoms with Crippen LogP contribution in [0.15, 0.2) is 0 Å². The van der Waals surface area contributed by atoms with E-state index in [1.807, 2.05) is 0 Å². The van der Waals surface area contributed by atoms with E-state index in [9.17, 15) is 4.79 Å². The van der Waals surface area contributed by atoms with E-state index < -0.39 is 0 Å². The Labute approximate surface area is 79.1 Å². The van der Waals surface area contributed by atoms with Crippen molar-refractivity contribution in [3.8, 4) is 0 Å². The molecule has 2 aliphatic rings. The van der Waals surface area contributed by atoms with Gasteiger partial charge in [-0.25, -0.2) is 0 Å². The summed E-state index contributed by atoms with van der Waals surface area (Å²) in [6.45, 7) is 2.23. The van der Waals surface area contributed by atoms with E-state index in [-0.39, 0.29) is 5.91 Å². The monoisotopic (exact) mass is 182 g/mol. The number of nitrogens with one attached hydrogen (secondary N) is 1. The Bertz CT molecular complexity index is 205. The van der Waals surface area contributed by atoms with Crippen LogP contribution in [0.5, 0.6) is 0 Å². The molecule has 1 saturated carbocycles. The van der Waals surface area contributed by atoms with Crippen molar-refractivity contribution in [1.82, 2.24) is 5.32 Å². The van der Waals surface area contributed by atoms with Gasteiger partial charge >= 0.3 is 0 Å². The first kappa shape index (κ1) is 9.00. The lowest BCUT2D eigenvalue weighted by atomic mass is 9.80. The van der Waals surface area contributed by atoms with Gasteiger partial charge in [-0.3, -0.25) is 4.79 Å². The standard InChI is InChI=1S/C10H18N2O/c11-9(13)7-10(3-4-10)8-1-5-12-6-2-8/h8,12H,1-7H2,(H2,11,13). The molecular weight excluding hydrogens is 164 g/mol. The molecule has 1 aliphatic heterocycles. The quantitative estimate of drug-likeness (QED) is 0.673. The molecule has 1 heterocycles. The third-order valence-electron chi connectivity index (χ3n) is 3.62. The highest BCUT2D eigenvalue weighted by atomic mass is 16.1. The van der Waals surface area contributed by atoms with Gasteiger partial charge < -0.3 is 11.1 Å². The first-order valence-corrected chi connectivity index (χ1v) is 5.22.